The van der Waals surface area contributed by atoms with E-state index in [0.717, 1.165) is 10.5 Å². The van der Waals surface area contributed by atoms with E-state index in [9.17, 15) is 14.4 Å². The monoisotopic (exact) mass is 383 g/mol. The SMILES string of the molecule is CC(C)c1ccc(N2C(=O)N[C@@H](CCC(=O)NCCn3ccnc3)C2=O)cc1. The maximum atomic E-state index is 12.6. The molecular formula is C20H25N5O3. The molecule has 3 rings (SSSR count). The lowest BCUT2D eigenvalue weighted by Gasteiger charge is -2.14. The molecule has 8 nitrogen and oxygen atoms in total. The van der Waals surface area contributed by atoms with Gasteiger partial charge in [-0.15, -0.1) is 0 Å². The molecule has 1 saturated heterocycles. The first-order chi connectivity index (χ1) is 13.5. The molecule has 28 heavy (non-hydrogen) atoms. The molecule has 1 aromatic heterocycles. The summed E-state index contributed by atoms with van der Waals surface area (Å²) in [6.45, 7) is 5.28. The number of hydrogen-bond donors (Lipinski definition) is 2. The van der Waals surface area contributed by atoms with Gasteiger partial charge in [0.2, 0.25) is 5.91 Å². The number of anilines is 1. The second-order valence-corrected chi connectivity index (χ2v) is 7.11. The average molecular weight is 383 g/mol. The summed E-state index contributed by atoms with van der Waals surface area (Å²) in [5.41, 5.74) is 1.68. The molecule has 0 aliphatic carbocycles. The van der Waals surface area contributed by atoms with Gasteiger partial charge in [-0.2, -0.15) is 0 Å². The van der Waals surface area contributed by atoms with E-state index in [0.29, 0.717) is 24.7 Å². The number of urea groups is 1. The number of carbonyl (C=O) groups excluding carboxylic acids is 3. The van der Waals surface area contributed by atoms with Crippen LogP contribution in [0.15, 0.2) is 43.0 Å². The molecule has 2 N–H and O–H groups in total. The number of carbonyl (C=O) groups is 3. The molecule has 0 saturated carbocycles. The predicted molar refractivity (Wildman–Crippen MR) is 105 cm³/mol. The molecule has 0 spiro atoms. The molecule has 1 atom stereocenters. The molecule has 0 unspecified atom stereocenters. The molecule has 1 fully saturated rings. The van der Waals surface area contributed by atoms with Crippen molar-refractivity contribution in [2.75, 3.05) is 11.4 Å². The smallest absolute Gasteiger partial charge is 0.329 e. The van der Waals surface area contributed by atoms with Gasteiger partial charge in [0.05, 0.1) is 12.0 Å². The molecule has 1 aliphatic heterocycles. The third-order valence-corrected chi connectivity index (χ3v) is 4.75. The van der Waals surface area contributed by atoms with E-state index in [1.165, 1.54) is 0 Å². The van der Waals surface area contributed by atoms with E-state index in [1.807, 2.05) is 22.9 Å². The number of amides is 4. The van der Waals surface area contributed by atoms with Crippen molar-refractivity contribution in [1.82, 2.24) is 20.2 Å². The highest BCUT2D eigenvalue weighted by molar-refractivity contribution is 6.21. The van der Waals surface area contributed by atoms with E-state index >= 15 is 0 Å². The second-order valence-electron chi connectivity index (χ2n) is 7.11. The number of aromatic nitrogens is 2. The van der Waals surface area contributed by atoms with Crippen molar-refractivity contribution >= 4 is 23.5 Å². The van der Waals surface area contributed by atoms with Crippen molar-refractivity contribution in [1.29, 1.82) is 0 Å². The number of benzene rings is 1. The molecule has 4 amide bonds. The minimum absolute atomic E-state index is 0.151. The summed E-state index contributed by atoms with van der Waals surface area (Å²) < 4.78 is 1.86. The predicted octanol–water partition coefficient (Wildman–Crippen LogP) is 2.03. The maximum Gasteiger partial charge on any atom is 0.329 e. The Morgan fingerprint density at radius 1 is 1.25 bits per heavy atom. The lowest BCUT2D eigenvalue weighted by molar-refractivity contribution is -0.121. The third kappa shape index (κ3) is 4.57. The number of hydrogen-bond acceptors (Lipinski definition) is 4. The average Bonchev–Trinajstić information content (AvgIpc) is 3.28. The van der Waals surface area contributed by atoms with E-state index < -0.39 is 12.1 Å². The van der Waals surface area contributed by atoms with Crippen molar-refractivity contribution in [3.05, 3.63) is 48.5 Å². The first-order valence-electron chi connectivity index (χ1n) is 9.42. The molecule has 2 aromatic rings. The Labute approximate surface area is 163 Å². The number of nitrogens with one attached hydrogen (secondary N) is 2. The third-order valence-electron chi connectivity index (χ3n) is 4.75. The Bertz CT molecular complexity index is 830. The largest absolute Gasteiger partial charge is 0.354 e. The van der Waals surface area contributed by atoms with Crippen molar-refractivity contribution in [3.8, 4) is 0 Å². The number of rotatable bonds is 8. The second kappa shape index (κ2) is 8.69. The molecule has 8 heteroatoms. The van der Waals surface area contributed by atoms with E-state index in [2.05, 4.69) is 29.5 Å². The van der Waals surface area contributed by atoms with Crippen LogP contribution in [-0.2, 0) is 16.1 Å². The van der Waals surface area contributed by atoms with Gasteiger partial charge in [0.1, 0.15) is 6.04 Å². The lowest BCUT2D eigenvalue weighted by Crippen LogP contribution is -2.33. The zero-order valence-electron chi connectivity index (χ0n) is 16.1. The van der Waals surface area contributed by atoms with Gasteiger partial charge in [0.15, 0.2) is 0 Å². The van der Waals surface area contributed by atoms with Gasteiger partial charge in [-0.05, 0) is 30.0 Å². The first-order valence-corrected chi connectivity index (χ1v) is 9.42. The van der Waals surface area contributed by atoms with Gasteiger partial charge in [-0.3, -0.25) is 9.59 Å². The van der Waals surface area contributed by atoms with Crippen molar-refractivity contribution in [3.63, 3.8) is 0 Å². The van der Waals surface area contributed by atoms with Crippen LogP contribution in [-0.4, -0.2) is 40.0 Å². The van der Waals surface area contributed by atoms with Crippen LogP contribution >= 0.6 is 0 Å². The molecule has 2 heterocycles. The Kier molecular flexibility index (Phi) is 6.08. The zero-order chi connectivity index (χ0) is 20.1. The highest BCUT2D eigenvalue weighted by atomic mass is 16.2. The standard InChI is InChI=1S/C20H25N5O3/c1-14(2)15-3-5-16(6-4-15)25-19(27)17(23-20(25)28)7-8-18(26)22-10-12-24-11-9-21-13-24/h3-6,9,11,13-14,17H,7-8,10,12H2,1-2H3,(H,22,26)(H,23,28)/t17-/m0/s1. The van der Waals surface area contributed by atoms with Crippen molar-refractivity contribution in [2.24, 2.45) is 0 Å². The fraction of sp³-hybridized carbons (Fsp3) is 0.400. The van der Waals surface area contributed by atoms with Crippen LogP contribution in [0.1, 0.15) is 38.2 Å². The fourth-order valence-corrected chi connectivity index (χ4v) is 3.09. The van der Waals surface area contributed by atoms with E-state index in [1.54, 1.807) is 24.7 Å². The molecule has 1 aliphatic rings. The fourth-order valence-electron chi connectivity index (χ4n) is 3.09. The van der Waals surface area contributed by atoms with Gasteiger partial charge in [0.25, 0.3) is 5.91 Å². The molecule has 1 aromatic carbocycles. The summed E-state index contributed by atoms with van der Waals surface area (Å²) in [4.78, 5) is 41.9. The zero-order valence-corrected chi connectivity index (χ0v) is 16.1. The van der Waals surface area contributed by atoms with Gasteiger partial charge >= 0.3 is 6.03 Å². The van der Waals surface area contributed by atoms with Gasteiger partial charge in [-0.25, -0.2) is 14.7 Å². The first kappa shape index (κ1) is 19.6. The minimum Gasteiger partial charge on any atom is -0.354 e. The van der Waals surface area contributed by atoms with Crippen molar-refractivity contribution in [2.45, 2.75) is 45.2 Å². The van der Waals surface area contributed by atoms with E-state index in [4.69, 9.17) is 0 Å². The maximum absolute atomic E-state index is 12.6. The number of imide groups is 1. The highest BCUT2D eigenvalue weighted by Gasteiger charge is 2.38. The summed E-state index contributed by atoms with van der Waals surface area (Å²) >= 11 is 0. The minimum atomic E-state index is -0.684. The Morgan fingerprint density at radius 3 is 2.64 bits per heavy atom. The van der Waals surface area contributed by atoms with Gasteiger partial charge in [0, 0.05) is 31.9 Å². The van der Waals surface area contributed by atoms with Gasteiger partial charge in [-0.1, -0.05) is 26.0 Å². The Morgan fingerprint density at radius 2 is 2.00 bits per heavy atom. The number of imidazole rings is 1. The Hall–Kier alpha value is -3.16. The summed E-state index contributed by atoms with van der Waals surface area (Å²) in [5, 5.41) is 5.47. The number of nitrogens with zero attached hydrogens (tertiary/aromatic N) is 3. The van der Waals surface area contributed by atoms with E-state index in [-0.39, 0.29) is 24.7 Å². The van der Waals surface area contributed by atoms with Crippen LogP contribution < -0.4 is 15.5 Å². The summed E-state index contributed by atoms with van der Waals surface area (Å²) in [5.74, 6) is -0.104. The van der Waals surface area contributed by atoms with Gasteiger partial charge < -0.3 is 15.2 Å². The Balaban J connectivity index is 1.49. The van der Waals surface area contributed by atoms with Crippen LogP contribution in [0, 0.1) is 0 Å². The van der Waals surface area contributed by atoms with Crippen LogP contribution in [0.5, 0.6) is 0 Å². The summed E-state index contributed by atoms with van der Waals surface area (Å²) in [6, 6.07) is 6.25. The lowest BCUT2D eigenvalue weighted by atomic mass is 10.0. The highest BCUT2D eigenvalue weighted by Crippen LogP contribution is 2.24. The topological polar surface area (TPSA) is 96.3 Å². The normalized spacial score (nSPS) is 16.5. The van der Waals surface area contributed by atoms with Crippen LogP contribution in [0.4, 0.5) is 10.5 Å². The van der Waals surface area contributed by atoms with Crippen molar-refractivity contribution < 1.29 is 14.4 Å². The van der Waals surface area contributed by atoms with Crippen LogP contribution in [0.2, 0.25) is 0 Å². The molecule has 0 bridgehead atoms. The molecule has 0 radical (unpaired) electrons. The molecule has 148 valence electrons. The summed E-state index contributed by atoms with van der Waals surface area (Å²) in [7, 11) is 0. The quantitative estimate of drug-likeness (QED) is 0.682. The van der Waals surface area contributed by atoms with Crippen LogP contribution in [0.25, 0.3) is 0 Å². The van der Waals surface area contributed by atoms with Crippen LogP contribution in [0.3, 0.4) is 0 Å². The summed E-state index contributed by atoms with van der Waals surface area (Å²) in [6.07, 6.45) is 5.61. The molecular weight excluding hydrogens is 358 g/mol.